The van der Waals surface area contributed by atoms with Crippen LogP contribution in [0.4, 0.5) is 0 Å². The molecule has 30 heavy (non-hydrogen) atoms. The highest BCUT2D eigenvalue weighted by Crippen LogP contribution is 2.50. The average Bonchev–Trinajstić information content (AvgIpc) is 3.24. The fourth-order valence-corrected chi connectivity index (χ4v) is 5.50. The standard InChI is InChI=1S/C25H34N2O3/c1-28-21-17-20(18-27-23(21)29-2)9-3-5-11-24(22-10-4-8-15-26-22)14-16-30-25(19-24)12-6-7-13-25/h4,8,10,15,17-18H,3,5-7,9,11-14,16,19H2,1-2H3/t24-/m1/s1. The summed E-state index contributed by atoms with van der Waals surface area (Å²) >= 11 is 0. The van der Waals surface area contributed by atoms with Gasteiger partial charge in [0.2, 0.25) is 0 Å². The largest absolute Gasteiger partial charge is 0.491 e. The van der Waals surface area contributed by atoms with Gasteiger partial charge < -0.3 is 14.2 Å². The summed E-state index contributed by atoms with van der Waals surface area (Å²) in [6.07, 6.45) is 15.5. The Morgan fingerprint density at radius 1 is 1.03 bits per heavy atom. The Morgan fingerprint density at radius 3 is 2.63 bits per heavy atom. The van der Waals surface area contributed by atoms with E-state index in [1.54, 1.807) is 14.2 Å². The summed E-state index contributed by atoms with van der Waals surface area (Å²) in [4.78, 5) is 9.18. The number of aryl methyl sites for hydroxylation is 1. The van der Waals surface area contributed by atoms with Crippen LogP contribution >= 0.6 is 0 Å². The first kappa shape index (κ1) is 21.1. The maximum Gasteiger partial charge on any atom is 0.256 e. The van der Waals surface area contributed by atoms with Crippen LogP contribution in [0.1, 0.15) is 69.0 Å². The summed E-state index contributed by atoms with van der Waals surface area (Å²) in [6, 6.07) is 8.43. The molecule has 2 aromatic rings. The number of hydrogen-bond acceptors (Lipinski definition) is 5. The van der Waals surface area contributed by atoms with Crippen molar-refractivity contribution >= 4 is 0 Å². The van der Waals surface area contributed by atoms with Crippen molar-refractivity contribution in [2.75, 3.05) is 20.8 Å². The lowest BCUT2D eigenvalue weighted by Gasteiger charge is -2.46. The van der Waals surface area contributed by atoms with E-state index in [2.05, 4.69) is 17.1 Å². The van der Waals surface area contributed by atoms with Gasteiger partial charge in [-0.2, -0.15) is 0 Å². The lowest BCUT2D eigenvalue weighted by atomic mass is 9.67. The minimum atomic E-state index is 0.0864. The third-order valence-corrected chi connectivity index (χ3v) is 7.03. The summed E-state index contributed by atoms with van der Waals surface area (Å²) in [5, 5.41) is 0. The van der Waals surface area contributed by atoms with Gasteiger partial charge >= 0.3 is 0 Å². The Kier molecular flexibility index (Phi) is 6.57. The zero-order valence-corrected chi connectivity index (χ0v) is 18.4. The van der Waals surface area contributed by atoms with Gasteiger partial charge in [0.05, 0.1) is 19.8 Å². The number of methoxy groups -OCH3 is 2. The molecule has 5 heteroatoms. The van der Waals surface area contributed by atoms with Gasteiger partial charge in [-0.05, 0) is 68.7 Å². The molecule has 0 N–H and O–H groups in total. The van der Waals surface area contributed by atoms with E-state index in [1.165, 1.54) is 43.4 Å². The fourth-order valence-electron chi connectivity index (χ4n) is 5.50. The number of unbranched alkanes of at least 4 members (excludes halogenated alkanes) is 1. The van der Waals surface area contributed by atoms with Gasteiger partial charge in [0.15, 0.2) is 5.75 Å². The highest BCUT2D eigenvalue weighted by molar-refractivity contribution is 5.36. The van der Waals surface area contributed by atoms with Gasteiger partial charge in [0, 0.05) is 30.1 Å². The van der Waals surface area contributed by atoms with E-state index < -0.39 is 0 Å². The highest BCUT2D eigenvalue weighted by Gasteiger charge is 2.48. The SMILES string of the molecule is COc1cc(CCCC[C@@]2(c3ccccn3)CCOC3(CCCC3)C2)cnc1OC. The molecule has 1 spiro atoms. The topological polar surface area (TPSA) is 53.5 Å². The number of hydrogen-bond donors (Lipinski definition) is 0. The molecule has 2 aromatic heterocycles. The first-order valence-corrected chi connectivity index (χ1v) is 11.3. The number of pyridine rings is 2. The monoisotopic (exact) mass is 410 g/mol. The van der Waals surface area contributed by atoms with Crippen molar-refractivity contribution in [2.24, 2.45) is 0 Å². The molecule has 0 radical (unpaired) electrons. The lowest BCUT2D eigenvalue weighted by molar-refractivity contribution is -0.104. The minimum absolute atomic E-state index is 0.0864. The van der Waals surface area contributed by atoms with Crippen molar-refractivity contribution in [3.8, 4) is 11.6 Å². The normalized spacial score (nSPS) is 22.9. The summed E-state index contributed by atoms with van der Waals surface area (Å²) in [5.74, 6) is 1.24. The van der Waals surface area contributed by atoms with Crippen LogP contribution < -0.4 is 9.47 Å². The maximum atomic E-state index is 6.36. The Labute approximate surface area is 180 Å². The first-order valence-electron chi connectivity index (χ1n) is 11.3. The molecular weight excluding hydrogens is 376 g/mol. The Morgan fingerprint density at radius 2 is 1.90 bits per heavy atom. The molecule has 4 rings (SSSR count). The molecular formula is C25H34N2O3. The zero-order chi connectivity index (χ0) is 20.9. The Hall–Kier alpha value is -2.14. The van der Waals surface area contributed by atoms with Crippen LogP contribution in [0.15, 0.2) is 36.7 Å². The summed E-state index contributed by atoms with van der Waals surface area (Å²) in [5.41, 5.74) is 2.68. The van der Waals surface area contributed by atoms with Crippen LogP contribution in [0, 0.1) is 0 Å². The van der Waals surface area contributed by atoms with E-state index in [4.69, 9.17) is 19.2 Å². The molecule has 0 aromatic carbocycles. The van der Waals surface area contributed by atoms with E-state index >= 15 is 0 Å². The van der Waals surface area contributed by atoms with Crippen LogP contribution in [0.2, 0.25) is 0 Å². The second-order valence-corrected chi connectivity index (χ2v) is 8.92. The van der Waals surface area contributed by atoms with E-state index in [-0.39, 0.29) is 11.0 Å². The molecule has 1 atom stereocenters. The molecule has 2 fully saturated rings. The van der Waals surface area contributed by atoms with Crippen LogP contribution in [-0.4, -0.2) is 36.4 Å². The predicted molar refractivity (Wildman–Crippen MR) is 117 cm³/mol. The van der Waals surface area contributed by atoms with Gasteiger partial charge in [0.1, 0.15) is 0 Å². The molecule has 2 aliphatic rings. The summed E-state index contributed by atoms with van der Waals surface area (Å²) in [7, 11) is 3.27. The second-order valence-electron chi connectivity index (χ2n) is 8.92. The van der Waals surface area contributed by atoms with Crippen molar-refractivity contribution < 1.29 is 14.2 Å². The molecule has 3 heterocycles. The molecule has 0 bridgehead atoms. The van der Waals surface area contributed by atoms with Crippen molar-refractivity contribution in [1.29, 1.82) is 0 Å². The summed E-state index contributed by atoms with van der Waals surface area (Å²) < 4.78 is 17.0. The molecule has 0 unspecified atom stereocenters. The van der Waals surface area contributed by atoms with Gasteiger partial charge in [-0.3, -0.25) is 4.98 Å². The quantitative estimate of drug-likeness (QED) is 0.555. The molecule has 1 aliphatic heterocycles. The number of aromatic nitrogens is 2. The highest BCUT2D eigenvalue weighted by atomic mass is 16.5. The van der Waals surface area contributed by atoms with E-state index in [0.29, 0.717) is 11.6 Å². The van der Waals surface area contributed by atoms with Crippen LogP contribution in [0.5, 0.6) is 11.6 Å². The molecule has 0 amide bonds. The van der Waals surface area contributed by atoms with Gasteiger partial charge in [-0.15, -0.1) is 0 Å². The van der Waals surface area contributed by atoms with Crippen molar-refractivity contribution in [3.05, 3.63) is 47.9 Å². The Balaban J connectivity index is 1.43. The Bertz CT molecular complexity index is 820. The third kappa shape index (κ3) is 4.46. The second kappa shape index (κ2) is 9.34. The smallest absolute Gasteiger partial charge is 0.256 e. The first-order chi connectivity index (χ1) is 14.7. The van der Waals surface area contributed by atoms with E-state index in [0.717, 1.165) is 38.7 Å². The summed E-state index contributed by atoms with van der Waals surface area (Å²) in [6.45, 7) is 0.857. The fraction of sp³-hybridized carbons (Fsp3) is 0.600. The number of nitrogens with zero attached hydrogens (tertiary/aromatic N) is 2. The predicted octanol–water partition coefficient (Wildman–Crippen LogP) is 5.27. The van der Waals surface area contributed by atoms with Crippen LogP contribution in [0.3, 0.4) is 0 Å². The van der Waals surface area contributed by atoms with Gasteiger partial charge in [-0.1, -0.05) is 25.3 Å². The lowest BCUT2D eigenvalue weighted by Crippen LogP contribution is -2.46. The number of ether oxygens (including phenoxy) is 3. The van der Waals surface area contributed by atoms with Crippen molar-refractivity contribution in [3.63, 3.8) is 0 Å². The molecule has 162 valence electrons. The zero-order valence-electron chi connectivity index (χ0n) is 18.4. The van der Waals surface area contributed by atoms with E-state index in [1.807, 2.05) is 24.5 Å². The molecule has 1 aliphatic carbocycles. The van der Waals surface area contributed by atoms with Crippen LogP contribution in [-0.2, 0) is 16.6 Å². The van der Waals surface area contributed by atoms with Gasteiger partial charge in [0.25, 0.3) is 5.88 Å². The maximum absolute atomic E-state index is 6.36. The van der Waals surface area contributed by atoms with E-state index in [9.17, 15) is 0 Å². The molecule has 1 saturated heterocycles. The van der Waals surface area contributed by atoms with Crippen molar-refractivity contribution in [1.82, 2.24) is 9.97 Å². The van der Waals surface area contributed by atoms with Crippen molar-refractivity contribution in [2.45, 2.75) is 75.2 Å². The number of rotatable bonds is 8. The average molecular weight is 411 g/mol. The third-order valence-electron chi connectivity index (χ3n) is 7.03. The molecule has 1 saturated carbocycles. The van der Waals surface area contributed by atoms with Crippen LogP contribution in [0.25, 0.3) is 0 Å². The van der Waals surface area contributed by atoms with Gasteiger partial charge in [-0.25, -0.2) is 4.98 Å². The minimum Gasteiger partial charge on any atom is -0.491 e. The molecule has 5 nitrogen and oxygen atoms in total.